The van der Waals surface area contributed by atoms with Crippen LogP contribution in [-0.4, -0.2) is 16.1 Å². The molecule has 6 nitrogen and oxygen atoms in total. The molecular weight excluding hydrogens is 401 g/mol. The predicted molar refractivity (Wildman–Crippen MR) is 123 cm³/mol. The van der Waals surface area contributed by atoms with Crippen molar-refractivity contribution in [1.29, 1.82) is 0 Å². The second-order valence-corrected chi connectivity index (χ2v) is 9.38. The molecule has 0 radical (unpaired) electrons. The van der Waals surface area contributed by atoms with Crippen molar-refractivity contribution < 1.29 is 19.1 Å². The Labute approximate surface area is 179 Å². The smallest absolute Gasteiger partial charge is 0.362 e. The number of ether oxygens (including phenoxy) is 1. The fraction of sp³-hybridized carbons (Fsp3) is 0.478. The van der Waals surface area contributed by atoms with Crippen LogP contribution in [0.15, 0.2) is 57.5 Å². The molecule has 0 atom stereocenters. The Bertz CT molecular complexity index is 906. The number of nitroso groups, excluding NO2 is 1. The van der Waals surface area contributed by atoms with Crippen LogP contribution >= 0.6 is 7.60 Å². The van der Waals surface area contributed by atoms with Gasteiger partial charge in [0, 0.05) is 0 Å². The zero-order valence-electron chi connectivity index (χ0n) is 19.0. The molecule has 0 saturated carbocycles. The number of allylic oxidation sites excluding steroid dienone is 5. The van der Waals surface area contributed by atoms with Crippen LogP contribution in [0.5, 0.6) is 0 Å². The molecule has 0 spiro atoms. The molecule has 0 saturated heterocycles. The molecule has 1 rings (SSSR count). The van der Waals surface area contributed by atoms with E-state index >= 15 is 0 Å². The Balaban J connectivity index is 3.39. The van der Waals surface area contributed by atoms with Gasteiger partial charge in [0.25, 0.3) is 0 Å². The van der Waals surface area contributed by atoms with Crippen LogP contribution in [0.1, 0.15) is 71.9 Å². The summed E-state index contributed by atoms with van der Waals surface area (Å²) in [5, 5.41) is 3.12. The lowest BCUT2D eigenvalue weighted by molar-refractivity contribution is 0.232. The predicted octanol–water partition coefficient (Wildman–Crippen LogP) is 6.87. The van der Waals surface area contributed by atoms with E-state index in [1.165, 1.54) is 0 Å². The second kappa shape index (κ2) is 11.4. The van der Waals surface area contributed by atoms with Crippen LogP contribution in [0.2, 0.25) is 0 Å². The van der Waals surface area contributed by atoms with Crippen LogP contribution in [0.4, 0.5) is 5.69 Å². The summed E-state index contributed by atoms with van der Waals surface area (Å²) in [4.78, 5) is 29.5. The van der Waals surface area contributed by atoms with E-state index in [2.05, 4.69) is 5.18 Å². The molecule has 1 aromatic carbocycles. The lowest BCUT2D eigenvalue weighted by Crippen LogP contribution is -2.04. The summed E-state index contributed by atoms with van der Waals surface area (Å²) in [6, 6.07) is 5.70. The Kier molecular flexibility index (Phi) is 9.89. The first-order chi connectivity index (χ1) is 13.9. The van der Waals surface area contributed by atoms with Gasteiger partial charge in [0.05, 0.1) is 0 Å². The fourth-order valence-corrected chi connectivity index (χ4v) is 3.57. The van der Waals surface area contributed by atoms with E-state index in [0.29, 0.717) is 24.3 Å². The summed E-state index contributed by atoms with van der Waals surface area (Å²) in [5.74, 6) is 0.711. The van der Waals surface area contributed by atoms with E-state index in [4.69, 9.17) is 4.74 Å². The van der Waals surface area contributed by atoms with Gasteiger partial charge in [0.15, 0.2) is 6.35 Å². The van der Waals surface area contributed by atoms with Gasteiger partial charge in [-0.3, -0.25) is 4.57 Å². The molecular formula is C23H34NO5P. The number of benzene rings is 1. The Morgan fingerprint density at radius 2 is 1.87 bits per heavy atom. The van der Waals surface area contributed by atoms with Crippen molar-refractivity contribution in [2.75, 3.05) is 6.35 Å². The maximum Gasteiger partial charge on any atom is 0.362 e. The molecule has 2 N–H and O–H groups in total. The summed E-state index contributed by atoms with van der Waals surface area (Å²) in [6.07, 6.45) is 2.57. The van der Waals surface area contributed by atoms with Crippen molar-refractivity contribution in [2.24, 2.45) is 5.18 Å². The molecule has 0 amide bonds. The van der Waals surface area contributed by atoms with E-state index < -0.39 is 13.9 Å². The van der Waals surface area contributed by atoms with E-state index in [-0.39, 0.29) is 5.92 Å². The quantitative estimate of drug-likeness (QED) is 0.181. The number of hydrogen-bond donors (Lipinski definition) is 2. The van der Waals surface area contributed by atoms with E-state index in [1.807, 2.05) is 66.7 Å². The molecule has 1 aromatic rings. The van der Waals surface area contributed by atoms with Crippen molar-refractivity contribution >= 4 is 13.3 Å². The lowest BCUT2D eigenvalue weighted by atomic mass is 9.91. The zero-order chi connectivity index (χ0) is 23.1. The summed E-state index contributed by atoms with van der Waals surface area (Å²) in [5.41, 5.74) is 6.38. The molecule has 0 heterocycles. The van der Waals surface area contributed by atoms with E-state index in [0.717, 1.165) is 33.4 Å². The van der Waals surface area contributed by atoms with Gasteiger partial charge < -0.3 is 14.5 Å². The highest BCUT2D eigenvalue weighted by Gasteiger charge is 2.19. The van der Waals surface area contributed by atoms with Gasteiger partial charge in [-0.05, 0) is 85.5 Å². The van der Waals surface area contributed by atoms with Gasteiger partial charge in [0.2, 0.25) is 0 Å². The van der Waals surface area contributed by atoms with Gasteiger partial charge in [-0.2, -0.15) is 0 Å². The van der Waals surface area contributed by atoms with Crippen LogP contribution in [0.3, 0.4) is 0 Å². The molecule has 166 valence electrons. The number of nitrogens with zero attached hydrogens (tertiary/aromatic N) is 1. The summed E-state index contributed by atoms with van der Waals surface area (Å²) < 4.78 is 16.9. The maximum atomic E-state index is 11.3. The third-order valence-corrected chi connectivity index (χ3v) is 5.64. The van der Waals surface area contributed by atoms with Crippen LogP contribution in [-0.2, 0) is 15.7 Å². The maximum absolute atomic E-state index is 11.3. The first-order valence-corrected chi connectivity index (χ1v) is 11.9. The Hall–Kier alpha value is -2.01. The summed E-state index contributed by atoms with van der Waals surface area (Å²) in [6.45, 7) is 13.8. The molecule has 7 heteroatoms. The lowest BCUT2D eigenvalue weighted by Gasteiger charge is -2.19. The molecule has 0 aliphatic heterocycles. The summed E-state index contributed by atoms with van der Waals surface area (Å²) in [7, 11) is -4.29. The molecule has 0 unspecified atom stereocenters. The van der Waals surface area contributed by atoms with Crippen molar-refractivity contribution in [1.82, 2.24) is 0 Å². The van der Waals surface area contributed by atoms with Gasteiger partial charge in [-0.25, -0.2) is 0 Å². The third kappa shape index (κ3) is 7.35. The SMILES string of the molecule is C/C=C(C)/C(OCP(=O)(O)O)=C(CC)\C(C)=C(/C)Cc1ccc(N=O)c(C(C)C)c1. The van der Waals surface area contributed by atoms with Crippen molar-refractivity contribution in [3.05, 3.63) is 68.4 Å². The highest BCUT2D eigenvalue weighted by Crippen LogP contribution is 2.37. The highest BCUT2D eigenvalue weighted by atomic mass is 31.2. The van der Waals surface area contributed by atoms with Gasteiger partial charge in [-0.15, -0.1) is 4.91 Å². The minimum absolute atomic E-state index is 0.194. The average molecular weight is 436 g/mol. The summed E-state index contributed by atoms with van der Waals surface area (Å²) >= 11 is 0. The van der Waals surface area contributed by atoms with Crippen molar-refractivity contribution in [3.63, 3.8) is 0 Å². The second-order valence-electron chi connectivity index (χ2n) is 7.79. The van der Waals surface area contributed by atoms with Gasteiger partial charge in [-0.1, -0.05) is 44.6 Å². The van der Waals surface area contributed by atoms with E-state index in [1.54, 1.807) is 6.07 Å². The van der Waals surface area contributed by atoms with Crippen LogP contribution in [0, 0.1) is 4.91 Å². The minimum Gasteiger partial charge on any atom is -0.480 e. The molecule has 0 bridgehead atoms. The highest BCUT2D eigenvalue weighted by molar-refractivity contribution is 7.51. The number of rotatable bonds is 10. The fourth-order valence-electron chi connectivity index (χ4n) is 3.27. The third-order valence-electron chi connectivity index (χ3n) is 5.17. The van der Waals surface area contributed by atoms with Crippen molar-refractivity contribution in [3.8, 4) is 0 Å². The van der Waals surface area contributed by atoms with Crippen molar-refractivity contribution in [2.45, 2.75) is 67.2 Å². The Morgan fingerprint density at radius 3 is 2.33 bits per heavy atom. The average Bonchev–Trinajstić information content (AvgIpc) is 2.69. The standard InChI is InChI=1S/C23H34NO5P/c1-8-16(5)23(29-14-30(26,27)28)20(9-2)18(7)17(6)12-19-10-11-22(24-25)21(13-19)15(3)4/h8,10-11,13,15H,9,12,14H2,1-7H3,(H2,26,27,28)/b16-8+,18-17+,23-20+. The first-order valence-electron chi connectivity index (χ1n) is 10.1. The topological polar surface area (TPSA) is 96.2 Å². The zero-order valence-corrected chi connectivity index (χ0v) is 19.9. The largest absolute Gasteiger partial charge is 0.480 e. The monoisotopic (exact) mass is 435 g/mol. The Morgan fingerprint density at radius 1 is 1.23 bits per heavy atom. The van der Waals surface area contributed by atoms with Gasteiger partial charge >= 0.3 is 7.60 Å². The van der Waals surface area contributed by atoms with E-state index in [9.17, 15) is 19.3 Å². The molecule has 0 aliphatic carbocycles. The number of hydrogen-bond acceptors (Lipinski definition) is 4. The normalized spacial score (nSPS) is 14.4. The molecule has 0 fully saturated rings. The molecule has 0 aromatic heterocycles. The molecule has 0 aliphatic rings. The van der Waals surface area contributed by atoms with Gasteiger partial charge in [0.1, 0.15) is 11.4 Å². The minimum atomic E-state index is -4.29. The van der Waals surface area contributed by atoms with Crippen LogP contribution in [0.25, 0.3) is 0 Å². The molecule has 30 heavy (non-hydrogen) atoms. The first kappa shape index (κ1) is 26.0. The van der Waals surface area contributed by atoms with Crippen LogP contribution < -0.4 is 0 Å².